The molecule has 3 aromatic rings. The van der Waals surface area contributed by atoms with Crippen LogP contribution in [-0.4, -0.2) is 74.4 Å². The molecule has 0 unspecified atom stereocenters. The molecule has 0 bridgehead atoms. The fourth-order valence-electron chi connectivity index (χ4n) is 5.09. The maximum absolute atomic E-state index is 13.1. The quantitative estimate of drug-likeness (QED) is 0.273. The molecule has 0 N–H and O–H groups in total. The summed E-state index contributed by atoms with van der Waals surface area (Å²) in [6, 6.07) is 20.3. The molecule has 1 atom stereocenters. The molecule has 1 aliphatic heterocycles. The SMILES string of the molecule is C#CCN(C(=O)OCc1ccccc1)C1CCN(CC[C@H](CN(C)S(=O)(=O)c2ccccc2)c2ccsc2)CC1. The number of carbonyl (C=O) groups excluding carboxylic acids is 1. The van der Waals surface area contributed by atoms with Crippen molar-refractivity contribution in [3.63, 3.8) is 0 Å². The Kier molecular flexibility index (Phi) is 10.8. The lowest BCUT2D eigenvalue weighted by molar-refractivity contribution is 0.0663. The minimum absolute atomic E-state index is 0.0328. The highest BCUT2D eigenvalue weighted by Crippen LogP contribution is 2.27. The summed E-state index contributed by atoms with van der Waals surface area (Å²) in [6.07, 6.45) is 7.68. The van der Waals surface area contributed by atoms with Crippen molar-refractivity contribution < 1.29 is 17.9 Å². The number of amides is 1. The van der Waals surface area contributed by atoms with E-state index in [1.807, 2.05) is 41.8 Å². The first kappa shape index (κ1) is 29.8. The van der Waals surface area contributed by atoms with Crippen LogP contribution in [-0.2, 0) is 21.4 Å². The minimum atomic E-state index is -3.56. The Balaban J connectivity index is 1.31. The van der Waals surface area contributed by atoms with E-state index in [1.165, 1.54) is 4.31 Å². The Bertz CT molecular complexity index is 1330. The highest BCUT2D eigenvalue weighted by Gasteiger charge is 2.30. The van der Waals surface area contributed by atoms with Crippen molar-refractivity contribution >= 4 is 27.5 Å². The zero-order valence-corrected chi connectivity index (χ0v) is 24.5. The fourth-order valence-corrected chi connectivity index (χ4v) is 7.07. The van der Waals surface area contributed by atoms with Crippen molar-refractivity contribution in [3.05, 3.63) is 88.6 Å². The van der Waals surface area contributed by atoms with Crippen LogP contribution < -0.4 is 0 Å². The van der Waals surface area contributed by atoms with Crippen molar-refractivity contribution in [1.29, 1.82) is 0 Å². The number of sulfonamides is 1. The average molecular weight is 580 g/mol. The topological polar surface area (TPSA) is 70.2 Å². The monoisotopic (exact) mass is 579 g/mol. The van der Waals surface area contributed by atoms with Gasteiger partial charge in [0.15, 0.2) is 0 Å². The summed E-state index contributed by atoms with van der Waals surface area (Å²) < 4.78 is 33.3. The first-order valence-electron chi connectivity index (χ1n) is 13.5. The summed E-state index contributed by atoms with van der Waals surface area (Å²) >= 11 is 1.63. The second kappa shape index (κ2) is 14.5. The first-order valence-corrected chi connectivity index (χ1v) is 15.9. The molecule has 40 heavy (non-hydrogen) atoms. The van der Waals surface area contributed by atoms with Crippen molar-refractivity contribution in [1.82, 2.24) is 14.1 Å². The molecule has 1 aromatic heterocycles. The molecule has 212 valence electrons. The molecule has 0 spiro atoms. The number of ether oxygens (including phenoxy) is 1. The summed E-state index contributed by atoms with van der Waals surface area (Å²) in [4.78, 5) is 17.2. The molecule has 0 radical (unpaired) electrons. The maximum atomic E-state index is 13.1. The van der Waals surface area contributed by atoms with Crippen LogP contribution in [0, 0.1) is 12.3 Å². The number of hydrogen-bond acceptors (Lipinski definition) is 6. The molecule has 0 saturated carbocycles. The number of terminal acetylenes is 1. The number of likely N-dealkylation sites (tertiary alicyclic amines) is 1. The molecule has 4 rings (SSSR count). The van der Waals surface area contributed by atoms with Gasteiger partial charge in [-0.25, -0.2) is 17.5 Å². The van der Waals surface area contributed by atoms with Gasteiger partial charge in [-0.2, -0.15) is 11.3 Å². The minimum Gasteiger partial charge on any atom is -0.445 e. The van der Waals surface area contributed by atoms with Crippen LogP contribution in [0.25, 0.3) is 0 Å². The van der Waals surface area contributed by atoms with Crippen LogP contribution in [0.15, 0.2) is 82.4 Å². The van der Waals surface area contributed by atoms with E-state index in [0.717, 1.165) is 50.0 Å². The van der Waals surface area contributed by atoms with Gasteiger partial charge in [-0.1, -0.05) is 54.5 Å². The molecular weight excluding hydrogens is 542 g/mol. The normalized spacial score (nSPS) is 15.4. The van der Waals surface area contributed by atoms with Gasteiger partial charge in [0.05, 0.1) is 11.4 Å². The van der Waals surface area contributed by atoms with E-state index in [1.54, 1.807) is 47.5 Å². The van der Waals surface area contributed by atoms with Crippen LogP contribution >= 0.6 is 11.3 Å². The van der Waals surface area contributed by atoms with Crippen LogP contribution in [0.2, 0.25) is 0 Å². The number of piperidine rings is 1. The molecule has 1 aliphatic rings. The Morgan fingerprint density at radius 2 is 1.77 bits per heavy atom. The van der Waals surface area contributed by atoms with Gasteiger partial charge in [-0.3, -0.25) is 4.90 Å². The predicted molar refractivity (Wildman–Crippen MR) is 160 cm³/mol. The standard InChI is InChI=1S/C31H37N3O4S2/c1-3-18-34(31(35)38-24-26-10-6-4-7-11-26)29-15-20-33(21-16-29)19-14-27(28-17-22-39-25-28)23-32(2)40(36,37)30-12-8-5-9-13-30/h1,4-13,17,22,25,27,29H,14-16,18-21,23-24H2,2H3/t27-/m1/s1. The number of rotatable bonds is 12. The molecule has 1 amide bonds. The molecule has 9 heteroatoms. The molecule has 0 aliphatic carbocycles. The highest BCUT2D eigenvalue weighted by molar-refractivity contribution is 7.89. The lowest BCUT2D eigenvalue weighted by Gasteiger charge is -2.37. The van der Waals surface area contributed by atoms with Crippen LogP contribution in [0.5, 0.6) is 0 Å². The van der Waals surface area contributed by atoms with Crippen molar-refractivity contribution in [2.75, 3.05) is 39.8 Å². The third-order valence-electron chi connectivity index (χ3n) is 7.44. The Hall–Kier alpha value is -3.16. The van der Waals surface area contributed by atoms with Gasteiger partial charge in [-0.05, 0) is 71.8 Å². The van der Waals surface area contributed by atoms with Crippen molar-refractivity contribution in [2.45, 2.75) is 42.7 Å². The summed E-state index contributed by atoms with van der Waals surface area (Å²) in [6.45, 7) is 3.38. The second-order valence-corrected chi connectivity index (χ2v) is 12.9. The Morgan fingerprint density at radius 3 is 2.40 bits per heavy atom. The number of nitrogens with zero attached hydrogens (tertiary/aromatic N) is 3. The van der Waals surface area contributed by atoms with Gasteiger partial charge in [0.2, 0.25) is 10.0 Å². The molecule has 2 heterocycles. The van der Waals surface area contributed by atoms with Gasteiger partial charge >= 0.3 is 6.09 Å². The van der Waals surface area contributed by atoms with Gasteiger partial charge < -0.3 is 9.64 Å². The molecule has 1 fully saturated rings. The molecule has 2 aromatic carbocycles. The van der Waals surface area contributed by atoms with Crippen molar-refractivity contribution in [3.8, 4) is 12.3 Å². The molecule has 7 nitrogen and oxygen atoms in total. The largest absolute Gasteiger partial charge is 0.445 e. The number of benzene rings is 2. The Labute approximate surface area is 242 Å². The zero-order valence-electron chi connectivity index (χ0n) is 22.9. The maximum Gasteiger partial charge on any atom is 0.411 e. The summed E-state index contributed by atoms with van der Waals surface area (Å²) in [7, 11) is -1.91. The summed E-state index contributed by atoms with van der Waals surface area (Å²) in [5, 5.41) is 4.15. The van der Waals surface area contributed by atoms with E-state index in [-0.39, 0.29) is 31.2 Å². The van der Waals surface area contributed by atoms with Gasteiger partial charge in [-0.15, -0.1) is 6.42 Å². The van der Waals surface area contributed by atoms with Gasteiger partial charge in [0.1, 0.15) is 6.61 Å². The van der Waals surface area contributed by atoms with E-state index < -0.39 is 10.0 Å². The third kappa shape index (κ3) is 7.95. The van der Waals surface area contributed by atoms with E-state index in [4.69, 9.17) is 11.2 Å². The van der Waals surface area contributed by atoms with Crippen molar-refractivity contribution in [2.24, 2.45) is 0 Å². The fraction of sp³-hybridized carbons (Fsp3) is 0.387. The lowest BCUT2D eigenvalue weighted by Crippen LogP contribution is -2.48. The second-order valence-electron chi connectivity index (χ2n) is 10.1. The van der Waals surface area contributed by atoms with Crippen LogP contribution in [0.4, 0.5) is 4.79 Å². The van der Waals surface area contributed by atoms with Crippen LogP contribution in [0.3, 0.4) is 0 Å². The third-order valence-corrected chi connectivity index (χ3v) is 9.98. The first-order chi connectivity index (χ1) is 19.4. The van der Waals surface area contributed by atoms with E-state index in [9.17, 15) is 13.2 Å². The number of hydrogen-bond donors (Lipinski definition) is 0. The number of thiophene rings is 1. The zero-order chi connectivity index (χ0) is 28.4. The summed E-state index contributed by atoms with van der Waals surface area (Å²) in [5.41, 5.74) is 2.10. The predicted octanol–water partition coefficient (Wildman–Crippen LogP) is 5.28. The van der Waals surface area contributed by atoms with E-state index in [2.05, 4.69) is 22.3 Å². The smallest absolute Gasteiger partial charge is 0.411 e. The van der Waals surface area contributed by atoms with E-state index in [0.29, 0.717) is 11.4 Å². The Morgan fingerprint density at radius 1 is 1.10 bits per heavy atom. The highest BCUT2D eigenvalue weighted by atomic mass is 32.2. The molecule has 1 saturated heterocycles. The molecular formula is C31H37N3O4S2. The van der Waals surface area contributed by atoms with E-state index >= 15 is 0 Å². The van der Waals surface area contributed by atoms with Gasteiger partial charge in [0, 0.05) is 32.7 Å². The average Bonchev–Trinajstić information content (AvgIpc) is 3.53. The number of likely N-dealkylation sites (N-methyl/N-ethyl adjacent to an activating group) is 1. The lowest BCUT2D eigenvalue weighted by atomic mass is 9.97. The van der Waals surface area contributed by atoms with Crippen LogP contribution in [0.1, 0.15) is 36.3 Å². The van der Waals surface area contributed by atoms with Gasteiger partial charge in [0.25, 0.3) is 0 Å². The number of carbonyl (C=O) groups is 1. The summed E-state index contributed by atoms with van der Waals surface area (Å²) in [5.74, 6) is 2.69.